The molecule has 0 aromatic heterocycles. The molecule has 0 aromatic rings. The van der Waals surface area contributed by atoms with Crippen LogP contribution in [0.4, 0.5) is 0 Å². The smallest absolute Gasteiger partial charge is 0.246 e. The highest BCUT2D eigenvalue weighted by Crippen LogP contribution is 2.13. The molecule has 0 spiro atoms. The lowest BCUT2D eigenvalue weighted by Gasteiger charge is -2.25. The Balaban J connectivity index is 4.84. The van der Waals surface area contributed by atoms with Crippen LogP contribution in [0.2, 0.25) is 0 Å². The first-order valence-corrected chi connectivity index (χ1v) is 4.82. The van der Waals surface area contributed by atoms with Gasteiger partial charge in [0, 0.05) is 24.4 Å². The van der Waals surface area contributed by atoms with Crippen molar-refractivity contribution in [1.82, 2.24) is 4.90 Å². The lowest BCUT2D eigenvalue weighted by Crippen LogP contribution is -2.26. The third kappa shape index (κ3) is 3.09. The first-order chi connectivity index (χ1) is 6.08. The van der Waals surface area contributed by atoms with E-state index in [0.29, 0.717) is 5.57 Å². The van der Waals surface area contributed by atoms with Crippen LogP contribution in [0.1, 0.15) is 34.1 Å². The van der Waals surface area contributed by atoms with Gasteiger partial charge in [-0.3, -0.25) is 4.79 Å². The normalized spacial score (nSPS) is 12.3. The number of carbonyl (C=O) groups excluding carboxylic acids is 1. The molecular weight excluding hydrogens is 164 g/mol. The second-order valence-corrected chi connectivity index (χ2v) is 2.96. The number of hydrogen-bond donors (Lipinski definition) is 1. The number of primary amides is 1. The topological polar surface area (TPSA) is 46.3 Å². The third-order valence-corrected chi connectivity index (χ3v) is 2.28. The average Bonchev–Trinajstić information content (AvgIpc) is 2.12. The van der Waals surface area contributed by atoms with Gasteiger partial charge in [0.1, 0.15) is 0 Å². The van der Waals surface area contributed by atoms with E-state index in [1.165, 1.54) is 0 Å². The van der Waals surface area contributed by atoms with Crippen LogP contribution < -0.4 is 5.73 Å². The van der Waals surface area contributed by atoms with E-state index in [1.807, 2.05) is 6.92 Å². The molecule has 0 saturated heterocycles. The quantitative estimate of drug-likeness (QED) is 0.658. The molecule has 0 saturated carbocycles. The van der Waals surface area contributed by atoms with Gasteiger partial charge in [-0.1, -0.05) is 6.92 Å². The summed E-state index contributed by atoms with van der Waals surface area (Å²) in [4.78, 5) is 13.1. The summed E-state index contributed by atoms with van der Waals surface area (Å²) in [6.07, 6.45) is 0.858. The van der Waals surface area contributed by atoms with Crippen LogP contribution in [0.3, 0.4) is 0 Å². The van der Waals surface area contributed by atoms with Gasteiger partial charge in [-0.2, -0.15) is 0 Å². The van der Waals surface area contributed by atoms with Gasteiger partial charge in [0.2, 0.25) is 5.91 Å². The molecule has 0 unspecified atom stereocenters. The summed E-state index contributed by atoms with van der Waals surface area (Å²) < 4.78 is 0. The highest BCUT2D eigenvalue weighted by Gasteiger charge is 2.10. The van der Waals surface area contributed by atoms with Gasteiger partial charge in [0.15, 0.2) is 0 Å². The third-order valence-electron chi connectivity index (χ3n) is 2.28. The maximum absolute atomic E-state index is 11.0. The number of hydrogen-bond acceptors (Lipinski definition) is 2. The molecule has 0 bridgehead atoms. The molecule has 0 atom stereocenters. The van der Waals surface area contributed by atoms with Crippen molar-refractivity contribution in [3.05, 3.63) is 11.3 Å². The molecule has 1 amide bonds. The molecular formula is C10H20N2O. The molecule has 3 nitrogen and oxygen atoms in total. The van der Waals surface area contributed by atoms with Crippen LogP contribution in [0.15, 0.2) is 11.3 Å². The monoisotopic (exact) mass is 184 g/mol. The number of allylic oxidation sites excluding steroid dienone is 1. The summed E-state index contributed by atoms with van der Waals surface area (Å²) >= 11 is 0. The standard InChI is InChI=1S/C10H20N2O/c1-5-9(8(4)10(11)13)12(6-2)7-3/h5-7H2,1-4H3,(H2,11,13)/b9-8+. The first-order valence-electron chi connectivity index (χ1n) is 4.82. The van der Waals surface area contributed by atoms with E-state index in [-0.39, 0.29) is 5.91 Å². The molecule has 0 aliphatic heterocycles. The van der Waals surface area contributed by atoms with Crippen molar-refractivity contribution < 1.29 is 4.79 Å². The van der Waals surface area contributed by atoms with Crippen molar-refractivity contribution in [2.75, 3.05) is 13.1 Å². The zero-order chi connectivity index (χ0) is 10.4. The van der Waals surface area contributed by atoms with Gasteiger partial charge in [0.25, 0.3) is 0 Å². The maximum atomic E-state index is 11.0. The predicted octanol–water partition coefficient (Wildman–Crippen LogP) is 1.50. The van der Waals surface area contributed by atoms with Crippen molar-refractivity contribution in [1.29, 1.82) is 0 Å². The van der Waals surface area contributed by atoms with Gasteiger partial charge >= 0.3 is 0 Å². The second kappa shape index (κ2) is 5.62. The number of nitrogens with two attached hydrogens (primary N) is 1. The molecule has 0 aromatic carbocycles. The van der Waals surface area contributed by atoms with E-state index >= 15 is 0 Å². The average molecular weight is 184 g/mol. The molecule has 0 heterocycles. The first kappa shape index (κ1) is 12.0. The van der Waals surface area contributed by atoms with Crippen molar-refractivity contribution in [2.24, 2.45) is 5.73 Å². The minimum Gasteiger partial charge on any atom is -0.375 e. The summed E-state index contributed by atoms with van der Waals surface area (Å²) in [5.74, 6) is -0.316. The Labute approximate surface area is 80.6 Å². The van der Waals surface area contributed by atoms with E-state index in [4.69, 9.17) is 5.73 Å². The molecule has 2 N–H and O–H groups in total. The Morgan fingerprint density at radius 3 is 1.92 bits per heavy atom. The zero-order valence-corrected chi connectivity index (χ0v) is 9.05. The Bertz CT molecular complexity index is 205. The van der Waals surface area contributed by atoms with Crippen molar-refractivity contribution in [2.45, 2.75) is 34.1 Å². The summed E-state index contributed by atoms with van der Waals surface area (Å²) in [5.41, 5.74) is 6.99. The fraction of sp³-hybridized carbons (Fsp3) is 0.700. The Kier molecular flexibility index (Phi) is 5.19. The van der Waals surface area contributed by atoms with Gasteiger partial charge < -0.3 is 10.6 Å². The lowest BCUT2D eigenvalue weighted by molar-refractivity contribution is -0.114. The molecule has 13 heavy (non-hydrogen) atoms. The summed E-state index contributed by atoms with van der Waals surface area (Å²) in [6, 6.07) is 0. The Morgan fingerprint density at radius 2 is 1.69 bits per heavy atom. The van der Waals surface area contributed by atoms with E-state index in [2.05, 4.69) is 18.7 Å². The molecule has 3 heteroatoms. The molecule has 0 fully saturated rings. The second-order valence-electron chi connectivity index (χ2n) is 2.96. The molecule has 0 aliphatic rings. The summed E-state index contributed by atoms with van der Waals surface area (Å²) in [5, 5.41) is 0. The van der Waals surface area contributed by atoms with Crippen molar-refractivity contribution >= 4 is 5.91 Å². The van der Waals surface area contributed by atoms with Crippen LogP contribution in [-0.2, 0) is 4.79 Å². The highest BCUT2D eigenvalue weighted by molar-refractivity contribution is 5.91. The number of nitrogens with zero attached hydrogens (tertiary/aromatic N) is 1. The van der Waals surface area contributed by atoms with Gasteiger partial charge in [-0.05, 0) is 27.2 Å². The van der Waals surface area contributed by atoms with Crippen LogP contribution in [0.5, 0.6) is 0 Å². The Morgan fingerprint density at radius 1 is 1.23 bits per heavy atom. The number of amides is 1. The zero-order valence-electron chi connectivity index (χ0n) is 9.05. The predicted molar refractivity (Wildman–Crippen MR) is 55.1 cm³/mol. The highest BCUT2D eigenvalue weighted by atomic mass is 16.1. The number of carbonyl (C=O) groups is 1. The number of rotatable bonds is 5. The lowest BCUT2D eigenvalue weighted by atomic mass is 10.1. The summed E-state index contributed by atoms with van der Waals surface area (Å²) in [7, 11) is 0. The van der Waals surface area contributed by atoms with Crippen LogP contribution in [0.25, 0.3) is 0 Å². The fourth-order valence-electron chi connectivity index (χ4n) is 1.47. The van der Waals surface area contributed by atoms with Gasteiger partial charge in [0.05, 0.1) is 0 Å². The van der Waals surface area contributed by atoms with E-state index in [9.17, 15) is 4.79 Å². The summed E-state index contributed by atoms with van der Waals surface area (Å²) in [6.45, 7) is 9.83. The molecule has 0 rings (SSSR count). The fourth-order valence-corrected chi connectivity index (χ4v) is 1.47. The van der Waals surface area contributed by atoms with Gasteiger partial charge in [-0.15, -0.1) is 0 Å². The minimum atomic E-state index is -0.316. The van der Waals surface area contributed by atoms with E-state index in [0.717, 1.165) is 25.2 Å². The van der Waals surface area contributed by atoms with Gasteiger partial charge in [-0.25, -0.2) is 0 Å². The Hall–Kier alpha value is -0.990. The van der Waals surface area contributed by atoms with E-state index < -0.39 is 0 Å². The van der Waals surface area contributed by atoms with Crippen molar-refractivity contribution in [3.63, 3.8) is 0 Å². The van der Waals surface area contributed by atoms with E-state index in [1.54, 1.807) is 6.92 Å². The molecule has 0 aliphatic carbocycles. The maximum Gasteiger partial charge on any atom is 0.246 e. The van der Waals surface area contributed by atoms with Crippen LogP contribution in [-0.4, -0.2) is 23.9 Å². The molecule has 0 radical (unpaired) electrons. The largest absolute Gasteiger partial charge is 0.375 e. The minimum absolute atomic E-state index is 0.316. The van der Waals surface area contributed by atoms with Crippen molar-refractivity contribution in [3.8, 4) is 0 Å². The van der Waals surface area contributed by atoms with Crippen LogP contribution >= 0.6 is 0 Å². The van der Waals surface area contributed by atoms with Crippen LogP contribution in [0, 0.1) is 0 Å². The molecule has 76 valence electrons. The SMILES string of the molecule is CC/C(=C(/C)C(N)=O)N(CC)CC.